The van der Waals surface area contributed by atoms with Gasteiger partial charge in [-0.15, -0.1) is 0 Å². The SMILES string of the molecule is CN(C)CC(O)Cc1cccc(Cl)c1F. The molecule has 1 unspecified atom stereocenters. The number of nitrogens with zero attached hydrogens (tertiary/aromatic N) is 1. The maximum absolute atomic E-state index is 13.4. The molecule has 0 radical (unpaired) electrons. The third-order valence-corrected chi connectivity index (χ3v) is 2.35. The van der Waals surface area contributed by atoms with Crippen LogP contribution < -0.4 is 0 Å². The fourth-order valence-electron chi connectivity index (χ4n) is 1.45. The lowest BCUT2D eigenvalue weighted by molar-refractivity contribution is 0.136. The molecule has 1 N–H and O–H groups in total. The van der Waals surface area contributed by atoms with Gasteiger partial charge >= 0.3 is 0 Å². The first kappa shape index (κ1) is 12.4. The highest BCUT2D eigenvalue weighted by atomic mass is 35.5. The summed E-state index contributed by atoms with van der Waals surface area (Å²) in [5.74, 6) is -0.433. The Morgan fingerprint density at radius 2 is 2.13 bits per heavy atom. The standard InChI is InChI=1S/C11H15ClFNO/c1-14(2)7-9(15)6-8-4-3-5-10(12)11(8)13/h3-5,9,15H,6-7H2,1-2H3. The Hall–Kier alpha value is -0.640. The molecule has 1 atom stereocenters. The van der Waals surface area contributed by atoms with Crippen LogP contribution in [-0.2, 0) is 6.42 Å². The predicted molar refractivity (Wildman–Crippen MR) is 59.7 cm³/mol. The van der Waals surface area contributed by atoms with Gasteiger partial charge in [0.2, 0.25) is 0 Å². The average molecular weight is 232 g/mol. The second kappa shape index (κ2) is 5.45. The first-order valence-corrected chi connectivity index (χ1v) is 5.14. The Balaban J connectivity index is 2.68. The van der Waals surface area contributed by atoms with Crippen LogP contribution in [0.2, 0.25) is 5.02 Å². The van der Waals surface area contributed by atoms with Crippen molar-refractivity contribution in [2.75, 3.05) is 20.6 Å². The highest BCUT2D eigenvalue weighted by Gasteiger charge is 2.11. The van der Waals surface area contributed by atoms with E-state index in [-0.39, 0.29) is 11.4 Å². The molecule has 0 aliphatic heterocycles. The van der Waals surface area contributed by atoms with E-state index in [0.717, 1.165) is 0 Å². The van der Waals surface area contributed by atoms with Crippen LogP contribution in [0.3, 0.4) is 0 Å². The van der Waals surface area contributed by atoms with Gasteiger partial charge in [-0.2, -0.15) is 0 Å². The molecule has 15 heavy (non-hydrogen) atoms. The van der Waals surface area contributed by atoms with Crippen LogP contribution >= 0.6 is 11.6 Å². The molecule has 0 amide bonds. The zero-order valence-corrected chi connectivity index (χ0v) is 9.63. The maximum atomic E-state index is 13.4. The summed E-state index contributed by atoms with van der Waals surface area (Å²) in [5.41, 5.74) is 0.455. The van der Waals surface area contributed by atoms with Gasteiger partial charge in [-0.05, 0) is 25.7 Å². The fourth-order valence-corrected chi connectivity index (χ4v) is 1.64. The lowest BCUT2D eigenvalue weighted by Crippen LogP contribution is -2.27. The fraction of sp³-hybridized carbons (Fsp3) is 0.455. The van der Waals surface area contributed by atoms with E-state index in [1.54, 1.807) is 12.1 Å². The van der Waals surface area contributed by atoms with Crippen molar-refractivity contribution in [1.82, 2.24) is 4.90 Å². The lowest BCUT2D eigenvalue weighted by atomic mass is 10.1. The average Bonchev–Trinajstić information content (AvgIpc) is 2.11. The molecule has 0 spiro atoms. The van der Waals surface area contributed by atoms with Crippen LogP contribution in [0, 0.1) is 5.82 Å². The number of likely N-dealkylation sites (N-methyl/N-ethyl adjacent to an activating group) is 1. The Morgan fingerprint density at radius 1 is 1.47 bits per heavy atom. The molecule has 0 saturated heterocycles. The zero-order valence-electron chi connectivity index (χ0n) is 8.87. The molecule has 0 aliphatic carbocycles. The van der Waals surface area contributed by atoms with Crippen molar-refractivity contribution < 1.29 is 9.50 Å². The van der Waals surface area contributed by atoms with Crippen molar-refractivity contribution in [1.29, 1.82) is 0 Å². The highest BCUT2D eigenvalue weighted by molar-refractivity contribution is 6.30. The molecule has 84 valence electrons. The van der Waals surface area contributed by atoms with Gasteiger partial charge in [0.15, 0.2) is 0 Å². The Morgan fingerprint density at radius 3 is 2.73 bits per heavy atom. The van der Waals surface area contributed by atoms with Gasteiger partial charge < -0.3 is 10.0 Å². The minimum Gasteiger partial charge on any atom is -0.391 e. The van der Waals surface area contributed by atoms with E-state index in [9.17, 15) is 9.50 Å². The largest absolute Gasteiger partial charge is 0.391 e. The number of aliphatic hydroxyl groups is 1. The topological polar surface area (TPSA) is 23.5 Å². The molecule has 0 bridgehead atoms. The summed E-state index contributed by atoms with van der Waals surface area (Å²) >= 11 is 5.64. The van der Waals surface area contributed by atoms with Crippen molar-refractivity contribution in [3.8, 4) is 0 Å². The summed E-state index contributed by atoms with van der Waals surface area (Å²) in [4.78, 5) is 1.85. The number of hydrogen-bond donors (Lipinski definition) is 1. The summed E-state index contributed by atoms with van der Waals surface area (Å²) < 4.78 is 13.4. The van der Waals surface area contributed by atoms with Crippen molar-refractivity contribution in [2.45, 2.75) is 12.5 Å². The van der Waals surface area contributed by atoms with E-state index >= 15 is 0 Å². The number of benzene rings is 1. The van der Waals surface area contributed by atoms with Gasteiger partial charge in [-0.3, -0.25) is 0 Å². The van der Waals surface area contributed by atoms with Crippen LogP contribution in [0.4, 0.5) is 4.39 Å². The van der Waals surface area contributed by atoms with Crippen LogP contribution in [-0.4, -0.2) is 36.8 Å². The Kier molecular flexibility index (Phi) is 4.51. The quantitative estimate of drug-likeness (QED) is 0.856. The maximum Gasteiger partial charge on any atom is 0.145 e. The van der Waals surface area contributed by atoms with Crippen LogP contribution in [0.1, 0.15) is 5.56 Å². The highest BCUT2D eigenvalue weighted by Crippen LogP contribution is 2.19. The Bertz CT molecular complexity index is 330. The number of rotatable bonds is 4. The minimum absolute atomic E-state index is 0.101. The van der Waals surface area contributed by atoms with Crippen LogP contribution in [0.5, 0.6) is 0 Å². The summed E-state index contributed by atoms with van der Waals surface area (Å²) in [6.45, 7) is 0.506. The van der Waals surface area contributed by atoms with Gasteiger partial charge in [-0.25, -0.2) is 4.39 Å². The van der Waals surface area contributed by atoms with E-state index in [4.69, 9.17) is 11.6 Å². The number of halogens is 2. The summed E-state index contributed by atoms with van der Waals surface area (Å²) in [5, 5.41) is 9.74. The van der Waals surface area contributed by atoms with Gasteiger partial charge in [0.25, 0.3) is 0 Å². The summed E-state index contributed by atoms with van der Waals surface area (Å²) in [6, 6.07) is 4.82. The minimum atomic E-state index is -0.576. The van der Waals surface area contributed by atoms with Gasteiger partial charge in [0.1, 0.15) is 5.82 Å². The number of hydrogen-bond acceptors (Lipinski definition) is 2. The van der Waals surface area contributed by atoms with Gasteiger partial charge in [0, 0.05) is 13.0 Å². The molecule has 2 nitrogen and oxygen atoms in total. The summed E-state index contributed by atoms with van der Waals surface area (Å²) in [7, 11) is 3.72. The number of aliphatic hydroxyl groups excluding tert-OH is 1. The van der Waals surface area contributed by atoms with Gasteiger partial charge in [0.05, 0.1) is 11.1 Å². The zero-order chi connectivity index (χ0) is 11.4. The van der Waals surface area contributed by atoms with Gasteiger partial charge in [-0.1, -0.05) is 23.7 Å². The molecule has 0 saturated carbocycles. The Labute approximate surface area is 94.3 Å². The molecule has 0 fully saturated rings. The molecule has 0 aliphatic rings. The molecular weight excluding hydrogens is 217 g/mol. The van der Waals surface area contributed by atoms with E-state index < -0.39 is 11.9 Å². The first-order valence-electron chi connectivity index (χ1n) is 4.76. The lowest BCUT2D eigenvalue weighted by Gasteiger charge is -2.16. The van der Waals surface area contributed by atoms with E-state index in [1.165, 1.54) is 6.07 Å². The molecule has 1 rings (SSSR count). The van der Waals surface area contributed by atoms with Crippen molar-refractivity contribution in [3.05, 3.63) is 34.6 Å². The molecule has 1 aromatic rings. The molecule has 4 heteroatoms. The second-order valence-electron chi connectivity index (χ2n) is 3.83. The third-order valence-electron chi connectivity index (χ3n) is 2.06. The molecule has 0 heterocycles. The summed E-state index contributed by atoms with van der Waals surface area (Å²) in [6.07, 6.45) is -0.294. The van der Waals surface area contributed by atoms with E-state index in [2.05, 4.69) is 0 Å². The predicted octanol–water partition coefficient (Wildman–Crippen LogP) is 1.94. The van der Waals surface area contributed by atoms with Crippen molar-refractivity contribution >= 4 is 11.6 Å². The van der Waals surface area contributed by atoms with Crippen molar-refractivity contribution in [2.24, 2.45) is 0 Å². The molecular formula is C11H15ClFNO. The smallest absolute Gasteiger partial charge is 0.145 e. The van der Waals surface area contributed by atoms with Crippen LogP contribution in [0.25, 0.3) is 0 Å². The third kappa shape index (κ3) is 3.78. The normalized spacial score (nSPS) is 13.2. The molecule has 1 aromatic carbocycles. The monoisotopic (exact) mass is 231 g/mol. The second-order valence-corrected chi connectivity index (χ2v) is 4.24. The van der Waals surface area contributed by atoms with Crippen LogP contribution in [0.15, 0.2) is 18.2 Å². The molecule has 0 aromatic heterocycles. The van der Waals surface area contributed by atoms with E-state index in [0.29, 0.717) is 12.1 Å². The van der Waals surface area contributed by atoms with Crippen molar-refractivity contribution in [3.63, 3.8) is 0 Å². The van der Waals surface area contributed by atoms with E-state index in [1.807, 2.05) is 19.0 Å². The first-order chi connectivity index (χ1) is 7.00.